The number of rotatable bonds is 4. The minimum Gasteiger partial charge on any atom is -0.457 e. The Hall–Kier alpha value is -7.09. The van der Waals surface area contributed by atoms with E-state index in [0.29, 0.717) is 11.4 Å². The van der Waals surface area contributed by atoms with E-state index in [1.165, 1.54) is 11.1 Å². The first-order valence-electron chi connectivity index (χ1n) is 17.4. The van der Waals surface area contributed by atoms with Gasteiger partial charge < -0.3 is 4.74 Å². The van der Waals surface area contributed by atoms with Crippen LogP contribution in [0, 0.1) is 11.3 Å². The van der Waals surface area contributed by atoms with Gasteiger partial charge in [-0.2, -0.15) is 5.26 Å². The van der Waals surface area contributed by atoms with E-state index in [2.05, 4.69) is 109 Å². The summed E-state index contributed by atoms with van der Waals surface area (Å²) in [6.07, 6.45) is 0. The molecule has 0 unspecified atom stereocenters. The predicted octanol–water partition coefficient (Wildman–Crippen LogP) is 11.5. The Labute approximate surface area is 301 Å². The van der Waals surface area contributed by atoms with Crippen LogP contribution in [0.4, 0.5) is 0 Å². The molecule has 1 aliphatic heterocycles. The molecule has 10 rings (SSSR count). The predicted molar refractivity (Wildman–Crippen MR) is 206 cm³/mol. The second-order valence-electron chi connectivity index (χ2n) is 13.2. The lowest BCUT2D eigenvalue weighted by atomic mass is 9.66. The topological polar surface area (TPSA) is 58.8 Å². The lowest BCUT2D eigenvalue weighted by Gasteiger charge is -2.39. The highest BCUT2D eigenvalue weighted by molar-refractivity contribution is 5.92. The third-order valence-corrected chi connectivity index (χ3v) is 10.4. The smallest absolute Gasteiger partial charge is 0.160 e. The van der Waals surface area contributed by atoms with Gasteiger partial charge in [0.1, 0.15) is 11.5 Å². The zero-order chi connectivity index (χ0) is 34.6. The Morgan fingerprint density at radius 3 is 1.54 bits per heavy atom. The van der Waals surface area contributed by atoms with Gasteiger partial charge in [0.15, 0.2) is 5.82 Å². The molecule has 7 aromatic carbocycles. The SMILES string of the molecule is N#Cc1ccc(-c2ccc3c(c2)-c2cc(-c4cc(-c5ccccc5)nc(-c5ccccc5)n4)ccc2C32c3ccccc3Oc3ccccc32)cc1. The van der Waals surface area contributed by atoms with E-state index in [1.807, 2.05) is 72.8 Å². The maximum absolute atomic E-state index is 9.45. The molecule has 2 aliphatic rings. The Bertz CT molecular complexity index is 2610. The molecule has 8 aromatic rings. The third-order valence-electron chi connectivity index (χ3n) is 10.4. The Morgan fingerprint density at radius 2 is 0.923 bits per heavy atom. The van der Waals surface area contributed by atoms with Crippen LogP contribution in [0.2, 0.25) is 0 Å². The van der Waals surface area contributed by atoms with E-state index in [0.717, 1.165) is 73.0 Å². The van der Waals surface area contributed by atoms with Gasteiger partial charge in [-0.15, -0.1) is 0 Å². The van der Waals surface area contributed by atoms with Gasteiger partial charge in [-0.3, -0.25) is 0 Å². The molecule has 4 heteroatoms. The molecule has 1 aromatic heterocycles. The zero-order valence-corrected chi connectivity index (χ0v) is 28.0. The highest BCUT2D eigenvalue weighted by Gasteiger charge is 2.51. The lowest BCUT2D eigenvalue weighted by Crippen LogP contribution is -2.32. The second kappa shape index (κ2) is 11.8. The Morgan fingerprint density at radius 1 is 0.423 bits per heavy atom. The van der Waals surface area contributed by atoms with Crippen molar-refractivity contribution in [3.8, 4) is 73.7 Å². The van der Waals surface area contributed by atoms with Crippen LogP contribution in [0.25, 0.3) is 56.2 Å². The van der Waals surface area contributed by atoms with Gasteiger partial charge in [-0.1, -0.05) is 133 Å². The van der Waals surface area contributed by atoms with Crippen LogP contribution in [-0.2, 0) is 5.41 Å². The highest BCUT2D eigenvalue weighted by Crippen LogP contribution is 2.62. The second-order valence-corrected chi connectivity index (χ2v) is 13.2. The summed E-state index contributed by atoms with van der Waals surface area (Å²) in [5, 5.41) is 9.45. The monoisotopic (exact) mass is 663 g/mol. The van der Waals surface area contributed by atoms with Crippen molar-refractivity contribution in [2.24, 2.45) is 0 Å². The molecule has 0 saturated heterocycles. The van der Waals surface area contributed by atoms with Crippen LogP contribution in [0.15, 0.2) is 176 Å². The summed E-state index contributed by atoms with van der Waals surface area (Å²) >= 11 is 0. The van der Waals surface area contributed by atoms with Gasteiger partial charge in [-0.25, -0.2) is 9.97 Å². The maximum Gasteiger partial charge on any atom is 0.160 e. The van der Waals surface area contributed by atoms with Gasteiger partial charge in [0.2, 0.25) is 0 Å². The largest absolute Gasteiger partial charge is 0.457 e. The minimum absolute atomic E-state index is 0.589. The highest BCUT2D eigenvalue weighted by atomic mass is 16.5. The number of aromatic nitrogens is 2. The van der Waals surface area contributed by atoms with Gasteiger partial charge in [0.25, 0.3) is 0 Å². The number of nitrogens with zero attached hydrogens (tertiary/aromatic N) is 3. The molecule has 1 aliphatic carbocycles. The number of ether oxygens (including phenoxy) is 1. The van der Waals surface area contributed by atoms with Crippen LogP contribution < -0.4 is 4.74 Å². The molecule has 52 heavy (non-hydrogen) atoms. The van der Waals surface area contributed by atoms with Gasteiger partial charge in [0, 0.05) is 27.8 Å². The fourth-order valence-electron chi connectivity index (χ4n) is 8.05. The summed E-state index contributed by atoms with van der Waals surface area (Å²) < 4.78 is 6.57. The molecule has 0 radical (unpaired) electrons. The number of nitriles is 1. The van der Waals surface area contributed by atoms with Crippen molar-refractivity contribution in [3.63, 3.8) is 0 Å². The van der Waals surface area contributed by atoms with Crippen molar-refractivity contribution in [2.45, 2.75) is 5.41 Å². The quantitative estimate of drug-likeness (QED) is 0.188. The Balaban J connectivity index is 1.24. The van der Waals surface area contributed by atoms with Gasteiger partial charge >= 0.3 is 0 Å². The molecule has 242 valence electrons. The summed E-state index contributed by atoms with van der Waals surface area (Å²) in [6.45, 7) is 0. The van der Waals surface area contributed by atoms with Crippen LogP contribution in [0.1, 0.15) is 27.8 Å². The van der Waals surface area contributed by atoms with Crippen molar-refractivity contribution in [1.29, 1.82) is 5.26 Å². The summed E-state index contributed by atoms with van der Waals surface area (Å²) in [6, 6.07) is 63.1. The lowest BCUT2D eigenvalue weighted by molar-refractivity contribution is 0.436. The van der Waals surface area contributed by atoms with E-state index in [4.69, 9.17) is 14.7 Å². The number of benzene rings is 7. The number of fused-ring (bicyclic) bond motifs is 9. The molecular formula is C48H29N3O. The summed E-state index contributed by atoms with van der Waals surface area (Å²) in [4.78, 5) is 10.2. The average Bonchev–Trinajstić information content (AvgIpc) is 3.50. The van der Waals surface area contributed by atoms with E-state index in [-0.39, 0.29) is 0 Å². The van der Waals surface area contributed by atoms with Crippen molar-refractivity contribution in [3.05, 3.63) is 204 Å². The number of hydrogen-bond donors (Lipinski definition) is 0. The molecule has 4 nitrogen and oxygen atoms in total. The molecule has 0 amide bonds. The molecule has 0 N–H and O–H groups in total. The summed E-state index contributed by atoms with van der Waals surface area (Å²) in [7, 11) is 0. The molecule has 1 spiro atoms. The minimum atomic E-state index is -0.589. The van der Waals surface area contributed by atoms with E-state index in [1.54, 1.807) is 0 Å². The van der Waals surface area contributed by atoms with E-state index in [9.17, 15) is 5.26 Å². The first-order valence-corrected chi connectivity index (χ1v) is 17.4. The summed E-state index contributed by atoms with van der Waals surface area (Å²) in [5.41, 5.74) is 13.9. The van der Waals surface area contributed by atoms with E-state index >= 15 is 0 Å². The molecular weight excluding hydrogens is 635 g/mol. The first-order chi connectivity index (χ1) is 25.7. The molecule has 0 fully saturated rings. The van der Waals surface area contributed by atoms with E-state index < -0.39 is 5.41 Å². The average molecular weight is 664 g/mol. The van der Waals surface area contributed by atoms with Crippen LogP contribution in [0.5, 0.6) is 11.5 Å². The maximum atomic E-state index is 9.45. The molecule has 2 heterocycles. The fourth-order valence-corrected chi connectivity index (χ4v) is 8.05. The zero-order valence-electron chi connectivity index (χ0n) is 28.0. The number of hydrogen-bond acceptors (Lipinski definition) is 4. The first kappa shape index (κ1) is 29.8. The fraction of sp³-hybridized carbons (Fsp3) is 0.0208. The molecule has 0 saturated carbocycles. The summed E-state index contributed by atoms with van der Waals surface area (Å²) in [5.74, 6) is 2.40. The van der Waals surface area contributed by atoms with Crippen LogP contribution in [-0.4, -0.2) is 9.97 Å². The number of para-hydroxylation sites is 2. The van der Waals surface area contributed by atoms with Gasteiger partial charge in [-0.05, 0) is 75.8 Å². The van der Waals surface area contributed by atoms with Crippen molar-refractivity contribution >= 4 is 0 Å². The van der Waals surface area contributed by atoms with Crippen molar-refractivity contribution in [2.75, 3.05) is 0 Å². The Kier molecular flexibility index (Phi) is 6.74. The van der Waals surface area contributed by atoms with Crippen molar-refractivity contribution in [1.82, 2.24) is 9.97 Å². The molecule has 0 bridgehead atoms. The van der Waals surface area contributed by atoms with Crippen LogP contribution >= 0.6 is 0 Å². The molecule has 0 atom stereocenters. The third kappa shape index (κ3) is 4.54. The van der Waals surface area contributed by atoms with Gasteiger partial charge in [0.05, 0.1) is 28.4 Å². The van der Waals surface area contributed by atoms with Crippen LogP contribution in [0.3, 0.4) is 0 Å². The normalized spacial score (nSPS) is 12.9. The van der Waals surface area contributed by atoms with Crippen molar-refractivity contribution < 1.29 is 4.74 Å². The standard InChI is InChI=1S/C48H29N3O/c49-30-31-19-21-32(22-20-31)35-23-25-39-37(27-35)38-28-36(44-29-43(33-11-3-1-4-12-33)50-47(51-44)34-13-5-2-6-14-34)24-26-40(38)48(39)41-15-7-9-17-45(41)52-46-18-10-8-16-42(46)48/h1-29H.